The van der Waals surface area contributed by atoms with Gasteiger partial charge in [-0.1, -0.05) is 17.7 Å². The normalized spacial score (nSPS) is 20.2. The minimum Gasteiger partial charge on any atom is -0.368 e. The first-order chi connectivity index (χ1) is 7.25. The molecule has 3 nitrogen and oxygen atoms in total. The molecule has 1 amide bonds. The summed E-state index contributed by atoms with van der Waals surface area (Å²) in [5, 5.41) is 2.85. The highest BCUT2D eigenvalue weighted by atomic mass is 16.5. The zero-order valence-corrected chi connectivity index (χ0v) is 8.82. The molecular weight excluding hydrogens is 190 g/mol. The van der Waals surface area contributed by atoms with E-state index in [0.717, 1.165) is 18.5 Å². The highest BCUT2D eigenvalue weighted by Crippen LogP contribution is 2.15. The molecule has 80 valence electrons. The van der Waals surface area contributed by atoms with Gasteiger partial charge in [-0.2, -0.15) is 0 Å². The number of benzene rings is 1. The number of hydrogen-bond donors (Lipinski definition) is 1. The Morgan fingerprint density at radius 1 is 1.40 bits per heavy atom. The Morgan fingerprint density at radius 3 is 2.73 bits per heavy atom. The van der Waals surface area contributed by atoms with Crippen molar-refractivity contribution in [2.45, 2.75) is 25.9 Å². The molecule has 0 spiro atoms. The Kier molecular flexibility index (Phi) is 3.02. The average Bonchev–Trinajstić information content (AvgIpc) is 2.74. The monoisotopic (exact) mass is 205 g/mol. The number of carbonyl (C=O) groups excluding carboxylic acids is 1. The lowest BCUT2D eigenvalue weighted by Crippen LogP contribution is -2.26. The third kappa shape index (κ3) is 2.57. The maximum atomic E-state index is 11.7. The van der Waals surface area contributed by atoms with Crippen molar-refractivity contribution in [3.05, 3.63) is 29.8 Å². The summed E-state index contributed by atoms with van der Waals surface area (Å²) in [5.74, 6) is -0.0312. The Hall–Kier alpha value is -1.35. The molecule has 1 fully saturated rings. The van der Waals surface area contributed by atoms with E-state index < -0.39 is 0 Å². The van der Waals surface area contributed by atoms with Gasteiger partial charge in [0, 0.05) is 12.3 Å². The molecule has 0 radical (unpaired) electrons. The van der Waals surface area contributed by atoms with Crippen molar-refractivity contribution in [3.63, 3.8) is 0 Å². The van der Waals surface area contributed by atoms with Crippen LogP contribution in [-0.4, -0.2) is 18.6 Å². The van der Waals surface area contributed by atoms with E-state index in [1.165, 1.54) is 5.56 Å². The number of amides is 1. The van der Waals surface area contributed by atoms with Crippen molar-refractivity contribution in [1.82, 2.24) is 0 Å². The Balaban J connectivity index is 1.96. The molecule has 1 aliphatic heterocycles. The van der Waals surface area contributed by atoms with Gasteiger partial charge in [-0.15, -0.1) is 0 Å². The third-order valence-electron chi connectivity index (χ3n) is 2.54. The van der Waals surface area contributed by atoms with Crippen molar-refractivity contribution in [1.29, 1.82) is 0 Å². The van der Waals surface area contributed by atoms with Gasteiger partial charge in [-0.3, -0.25) is 4.79 Å². The summed E-state index contributed by atoms with van der Waals surface area (Å²) in [6.07, 6.45) is 1.55. The fraction of sp³-hybridized carbons (Fsp3) is 0.417. The Bertz CT molecular complexity index is 339. The average molecular weight is 205 g/mol. The van der Waals surface area contributed by atoms with Crippen molar-refractivity contribution in [2.24, 2.45) is 0 Å². The molecule has 1 N–H and O–H groups in total. The number of carbonyl (C=O) groups is 1. The molecule has 0 aliphatic carbocycles. The molecule has 2 rings (SSSR count). The molecular formula is C12H15NO2. The third-order valence-corrected chi connectivity index (χ3v) is 2.54. The molecule has 1 saturated heterocycles. The van der Waals surface area contributed by atoms with Gasteiger partial charge >= 0.3 is 0 Å². The number of aryl methyl sites for hydroxylation is 1. The van der Waals surface area contributed by atoms with Crippen LogP contribution in [0.3, 0.4) is 0 Å². The van der Waals surface area contributed by atoms with Crippen LogP contribution in [0.1, 0.15) is 18.4 Å². The summed E-state index contributed by atoms with van der Waals surface area (Å²) >= 11 is 0. The number of anilines is 1. The van der Waals surface area contributed by atoms with Gasteiger partial charge in [-0.25, -0.2) is 0 Å². The number of ether oxygens (including phenoxy) is 1. The van der Waals surface area contributed by atoms with E-state index in [2.05, 4.69) is 5.32 Å². The molecule has 0 aromatic heterocycles. The maximum absolute atomic E-state index is 11.7. The second kappa shape index (κ2) is 4.45. The van der Waals surface area contributed by atoms with Gasteiger partial charge in [0.25, 0.3) is 5.91 Å². The lowest BCUT2D eigenvalue weighted by atomic mass is 10.2. The van der Waals surface area contributed by atoms with E-state index >= 15 is 0 Å². The summed E-state index contributed by atoms with van der Waals surface area (Å²) in [6.45, 7) is 2.72. The van der Waals surface area contributed by atoms with E-state index in [9.17, 15) is 4.79 Å². The van der Waals surface area contributed by atoms with Crippen LogP contribution in [0.25, 0.3) is 0 Å². The molecule has 1 heterocycles. The predicted molar refractivity (Wildman–Crippen MR) is 58.8 cm³/mol. The molecule has 3 heteroatoms. The summed E-state index contributed by atoms with van der Waals surface area (Å²) in [5.41, 5.74) is 2.02. The minimum absolute atomic E-state index is 0.0312. The van der Waals surface area contributed by atoms with Crippen LogP contribution in [0.15, 0.2) is 24.3 Å². The van der Waals surface area contributed by atoms with E-state index in [4.69, 9.17) is 4.74 Å². The van der Waals surface area contributed by atoms with Gasteiger partial charge < -0.3 is 10.1 Å². The SMILES string of the molecule is Cc1ccc(NC(=O)[C@H]2CCCO2)cc1. The largest absolute Gasteiger partial charge is 0.368 e. The first kappa shape index (κ1) is 10.2. The van der Waals surface area contributed by atoms with Crippen LogP contribution < -0.4 is 5.32 Å². The topological polar surface area (TPSA) is 38.3 Å². The zero-order valence-electron chi connectivity index (χ0n) is 8.82. The fourth-order valence-electron chi connectivity index (χ4n) is 1.64. The summed E-state index contributed by atoms with van der Waals surface area (Å²) in [6, 6.07) is 7.76. The number of hydrogen-bond acceptors (Lipinski definition) is 2. The molecule has 1 aliphatic rings. The van der Waals surface area contributed by atoms with Crippen molar-refractivity contribution >= 4 is 11.6 Å². The molecule has 15 heavy (non-hydrogen) atoms. The number of nitrogens with one attached hydrogen (secondary N) is 1. The second-order valence-electron chi connectivity index (χ2n) is 3.86. The van der Waals surface area contributed by atoms with E-state index in [0.29, 0.717) is 6.61 Å². The van der Waals surface area contributed by atoms with Gasteiger partial charge in [0.1, 0.15) is 6.10 Å². The predicted octanol–water partition coefficient (Wildman–Crippen LogP) is 2.11. The first-order valence-electron chi connectivity index (χ1n) is 5.25. The molecule has 0 unspecified atom stereocenters. The Morgan fingerprint density at radius 2 is 2.13 bits per heavy atom. The fourth-order valence-corrected chi connectivity index (χ4v) is 1.64. The lowest BCUT2D eigenvalue weighted by Gasteiger charge is -2.10. The first-order valence-corrected chi connectivity index (χ1v) is 5.25. The van der Waals surface area contributed by atoms with Crippen LogP contribution in [0.2, 0.25) is 0 Å². The Labute approximate surface area is 89.4 Å². The molecule has 1 atom stereocenters. The smallest absolute Gasteiger partial charge is 0.253 e. The lowest BCUT2D eigenvalue weighted by molar-refractivity contribution is -0.124. The van der Waals surface area contributed by atoms with Crippen molar-refractivity contribution < 1.29 is 9.53 Å². The second-order valence-corrected chi connectivity index (χ2v) is 3.86. The van der Waals surface area contributed by atoms with Crippen LogP contribution in [0.5, 0.6) is 0 Å². The van der Waals surface area contributed by atoms with Crippen LogP contribution in [-0.2, 0) is 9.53 Å². The van der Waals surface area contributed by atoms with Crippen LogP contribution >= 0.6 is 0 Å². The standard InChI is InChI=1S/C12H15NO2/c1-9-4-6-10(7-5-9)13-12(14)11-3-2-8-15-11/h4-7,11H,2-3,8H2,1H3,(H,13,14)/t11-/m1/s1. The van der Waals surface area contributed by atoms with Crippen molar-refractivity contribution in [2.75, 3.05) is 11.9 Å². The van der Waals surface area contributed by atoms with Gasteiger partial charge in [0.2, 0.25) is 0 Å². The zero-order chi connectivity index (χ0) is 10.7. The molecule has 0 bridgehead atoms. The van der Waals surface area contributed by atoms with Crippen LogP contribution in [0, 0.1) is 6.92 Å². The minimum atomic E-state index is -0.258. The van der Waals surface area contributed by atoms with Gasteiger partial charge in [0.15, 0.2) is 0 Å². The molecule has 0 saturated carbocycles. The van der Waals surface area contributed by atoms with Crippen molar-refractivity contribution in [3.8, 4) is 0 Å². The van der Waals surface area contributed by atoms with E-state index in [1.54, 1.807) is 0 Å². The maximum Gasteiger partial charge on any atom is 0.253 e. The van der Waals surface area contributed by atoms with E-state index in [1.807, 2.05) is 31.2 Å². The van der Waals surface area contributed by atoms with E-state index in [-0.39, 0.29) is 12.0 Å². The van der Waals surface area contributed by atoms with Gasteiger partial charge in [0.05, 0.1) is 0 Å². The molecule has 1 aromatic rings. The highest BCUT2D eigenvalue weighted by molar-refractivity contribution is 5.94. The molecule has 1 aromatic carbocycles. The summed E-state index contributed by atoms with van der Waals surface area (Å²) < 4.78 is 5.30. The number of rotatable bonds is 2. The summed E-state index contributed by atoms with van der Waals surface area (Å²) in [7, 11) is 0. The quantitative estimate of drug-likeness (QED) is 0.803. The van der Waals surface area contributed by atoms with Gasteiger partial charge in [-0.05, 0) is 31.9 Å². The summed E-state index contributed by atoms with van der Waals surface area (Å²) in [4.78, 5) is 11.7. The highest BCUT2D eigenvalue weighted by Gasteiger charge is 2.23. The van der Waals surface area contributed by atoms with Crippen LogP contribution in [0.4, 0.5) is 5.69 Å².